The quantitative estimate of drug-likeness (QED) is 0.275. The Kier molecular flexibility index (Phi) is 7.49. The number of carbonyl (C=O) groups is 4. The maximum Gasteiger partial charge on any atom is 0.233 e. The van der Waals surface area contributed by atoms with Gasteiger partial charge in [-0.25, -0.2) is 0 Å². The van der Waals surface area contributed by atoms with Crippen molar-refractivity contribution in [2.24, 2.45) is 23.7 Å². The topological polar surface area (TPSA) is 130 Å². The first-order valence-electron chi connectivity index (χ1n) is 14.6. The molecule has 1 heterocycles. The number of allylic oxidation sites excluding steroid dienone is 7. The number of imide groups is 1. The highest BCUT2D eigenvalue weighted by molar-refractivity contribution is 6.23. The predicted octanol–water partition coefficient (Wildman–Crippen LogP) is 4.33. The van der Waals surface area contributed by atoms with Crippen molar-refractivity contribution >= 4 is 29.5 Å². The third kappa shape index (κ3) is 4.82. The number of aromatic hydroxyl groups is 2. The van der Waals surface area contributed by atoms with Gasteiger partial charge >= 0.3 is 0 Å². The second-order valence-corrected chi connectivity index (χ2v) is 11.7. The highest BCUT2D eigenvalue weighted by Crippen LogP contribution is 2.52. The van der Waals surface area contributed by atoms with Crippen LogP contribution in [0.5, 0.6) is 23.0 Å². The average Bonchev–Trinajstić information content (AvgIpc) is 3.27. The van der Waals surface area contributed by atoms with E-state index in [4.69, 9.17) is 9.47 Å². The molecule has 226 valence electrons. The van der Waals surface area contributed by atoms with Crippen LogP contribution in [0.1, 0.15) is 30.9 Å². The first-order valence-corrected chi connectivity index (χ1v) is 14.6. The molecule has 1 aliphatic heterocycles. The number of hydrogen-bond donors (Lipinski definition) is 2. The predicted molar refractivity (Wildman–Crippen MR) is 161 cm³/mol. The minimum Gasteiger partial charge on any atom is -0.508 e. The molecule has 2 amide bonds. The van der Waals surface area contributed by atoms with E-state index in [1.165, 1.54) is 25.2 Å². The molecule has 0 unspecified atom stereocenters. The molecule has 0 spiro atoms. The Balaban J connectivity index is 1.35. The maximum atomic E-state index is 13.9. The largest absolute Gasteiger partial charge is 0.508 e. The molecule has 0 bridgehead atoms. The van der Waals surface area contributed by atoms with Crippen LogP contribution in [0.4, 0.5) is 0 Å². The van der Waals surface area contributed by atoms with E-state index in [-0.39, 0.29) is 59.3 Å². The second-order valence-electron chi connectivity index (χ2n) is 11.7. The molecule has 3 aliphatic carbocycles. The molecule has 2 N–H and O–H groups in total. The monoisotopic (exact) mass is 595 g/mol. The maximum absolute atomic E-state index is 13.9. The molecule has 2 aromatic carbocycles. The van der Waals surface area contributed by atoms with Crippen LogP contribution in [0.25, 0.3) is 6.08 Å². The van der Waals surface area contributed by atoms with Crippen molar-refractivity contribution in [2.75, 3.05) is 20.8 Å². The number of likely N-dealkylation sites (tertiary alicyclic amines) is 1. The lowest BCUT2D eigenvalue weighted by Crippen LogP contribution is -2.40. The molecule has 4 atom stereocenters. The Hall–Kier alpha value is -4.92. The smallest absolute Gasteiger partial charge is 0.233 e. The van der Waals surface area contributed by atoms with Gasteiger partial charge in [-0.3, -0.25) is 24.1 Å². The molecule has 9 nitrogen and oxygen atoms in total. The van der Waals surface area contributed by atoms with Gasteiger partial charge < -0.3 is 19.7 Å². The number of ketones is 2. The molecule has 6 rings (SSSR count). The Labute approximate surface area is 254 Å². The van der Waals surface area contributed by atoms with Gasteiger partial charge in [-0.15, -0.1) is 0 Å². The Bertz CT molecular complexity index is 1690. The molecule has 0 aromatic heterocycles. The number of ether oxygens (including phenoxy) is 2. The lowest BCUT2D eigenvalue weighted by molar-refractivity contribution is -0.140. The molecule has 2 aromatic rings. The summed E-state index contributed by atoms with van der Waals surface area (Å²) in [7, 11) is 2.87. The van der Waals surface area contributed by atoms with Gasteiger partial charge in [0, 0.05) is 29.2 Å². The Morgan fingerprint density at radius 3 is 2.30 bits per heavy atom. The van der Waals surface area contributed by atoms with E-state index in [0.29, 0.717) is 35.1 Å². The normalized spacial score (nSPS) is 24.7. The zero-order chi connectivity index (χ0) is 31.3. The number of benzene rings is 2. The van der Waals surface area contributed by atoms with E-state index < -0.39 is 23.7 Å². The van der Waals surface area contributed by atoms with Crippen molar-refractivity contribution in [1.29, 1.82) is 0 Å². The van der Waals surface area contributed by atoms with E-state index in [9.17, 15) is 29.4 Å². The summed E-state index contributed by atoms with van der Waals surface area (Å²) in [6, 6.07) is 9.95. The molecule has 44 heavy (non-hydrogen) atoms. The summed E-state index contributed by atoms with van der Waals surface area (Å²) in [6.07, 6.45) is 7.99. The molecular weight excluding hydrogens is 562 g/mol. The molecule has 1 saturated heterocycles. The minimum absolute atomic E-state index is 0.135. The van der Waals surface area contributed by atoms with Crippen LogP contribution in [0.15, 0.2) is 76.9 Å². The summed E-state index contributed by atoms with van der Waals surface area (Å²) >= 11 is 0. The van der Waals surface area contributed by atoms with E-state index in [1.54, 1.807) is 49.4 Å². The molecule has 0 saturated carbocycles. The fourth-order valence-corrected chi connectivity index (χ4v) is 7.04. The van der Waals surface area contributed by atoms with E-state index >= 15 is 0 Å². The fraction of sp³-hybridized carbons (Fsp3) is 0.314. The number of rotatable bonds is 7. The van der Waals surface area contributed by atoms with Crippen molar-refractivity contribution in [3.8, 4) is 23.0 Å². The molecule has 4 aliphatic rings. The van der Waals surface area contributed by atoms with Crippen LogP contribution in [0.2, 0.25) is 0 Å². The average molecular weight is 596 g/mol. The number of phenolic OH excluding ortho intramolecular Hbond substituents is 2. The third-order valence-corrected chi connectivity index (χ3v) is 9.25. The summed E-state index contributed by atoms with van der Waals surface area (Å²) in [6.45, 7) is 1.85. The zero-order valence-corrected chi connectivity index (χ0v) is 24.7. The van der Waals surface area contributed by atoms with Crippen molar-refractivity contribution in [3.05, 3.63) is 88.0 Å². The number of Topliss-reactive ketones (excluding diaryl/α,β-unsaturated/α-hetero) is 1. The third-order valence-electron chi connectivity index (χ3n) is 9.25. The fourth-order valence-electron chi connectivity index (χ4n) is 7.04. The van der Waals surface area contributed by atoms with Crippen LogP contribution >= 0.6 is 0 Å². The SMILES string of the molecule is COc1cc(C=C[C@H]2C3=CC[C@@H]4C(=O)N(CCc5ccc(O)cc5)C(=O)[C@@H]4[C@@H]3CC3=C2C(=O)C(C)=CC3=O)cc(OC)c1O. The Morgan fingerprint density at radius 1 is 0.955 bits per heavy atom. The zero-order valence-electron chi connectivity index (χ0n) is 24.7. The Morgan fingerprint density at radius 2 is 1.64 bits per heavy atom. The van der Waals surface area contributed by atoms with Gasteiger partial charge in [0.05, 0.1) is 26.1 Å². The van der Waals surface area contributed by atoms with Crippen LogP contribution in [-0.2, 0) is 25.6 Å². The number of nitrogens with zero attached hydrogens (tertiary/aromatic N) is 1. The van der Waals surface area contributed by atoms with Gasteiger partial charge in [0.2, 0.25) is 17.6 Å². The lowest BCUT2D eigenvalue weighted by atomic mass is 9.60. The summed E-state index contributed by atoms with van der Waals surface area (Å²) in [4.78, 5) is 55.6. The summed E-state index contributed by atoms with van der Waals surface area (Å²) in [5, 5.41) is 19.9. The molecular formula is C35H33NO8. The van der Waals surface area contributed by atoms with Crippen molar-refractivity contribution in [1.82, 2.24) is 4.90 Å². The highest BCUT2D eigenvalue weighted by Gasteiger charge is 2.55. The standard InChI is InChI=1S/C35H33NO8/c1-18-14-27(38)26-17-25-22(23(30(26)32(18)39)9-6-20-15-28(43-2)33(40)29(16-20)44-3)10-11-24-31(25)35(42)36(34(24)41)13-12-19-4-7-21(37)8-5-19/h4-10,14-16,23-25,31,37,40H,11-13,17H2,1-3H3/t23-,24-,25+,31-/m0/s1. The lowest BCUT2D eigenvalue weighted by Gasteiger charge is -2.41. The number of methoxy groups -OCH3 is 2. The molecule has 9 heteroatoms. The van der Waals surface area contributed by atoms with Crippen molar-refractivity contribution < 1.29 is 38.9 Å². The van der Waals surface area contributed by atoms with Crippen molar-refractivity contribution in [2.45, 2.75) is 26.2 Å². The molecule has 1 fully saturated rings. The van der Waals surface area contributed by atoms with Crippen LogP contribution in [0.3, 0.4) is 0 Å². The van der Waals surface area contributed by atoms with Gasteiger partial charge in [0.1, 0.15) is 5.75 Å². The summed E-state index contributed by atoms with van der Waals surface area (Å²) in [5.74, 6) is -2.63. The van der Waals surface area contributed by atoms with E-state index in [2.05, 4.69) is 0 Å². The van der Waals surface area contributed by atoms with Crippen molar-refractivity contribution in [3.63, 3.8) is 0 Å². The van der Waals surface area contributed by atoms with Gasteiger partial charge in [-0.2, -0.15) is 0 Å². The first kappa shape index (κ1) is 29.2. The number of carbonyl (C=O) groups excluding carboxylic acids is 4. The van der Waals surface area contributed by atoms with E-state index in [1.807, 2.05) is 12.2 Å². The molecule has 0 radical (unpaired) electrons. The van der Waals surface area contributed by atoms with Gasteiger partial charge in [-0.05, 0) is 73.6 Å². The van der Waals surface area contributed by atoms with Gasteiger partial charge in [0.15, 0.2) is 23.1 Å². The van der Waals surface area contributed by atoms with Gasteiger partial charge in [-0.1, -0.05) is 35.9 Å². The van der Waals surface area contributed by atoms with Crippen LogP contribution in [0, 0.1) is 23.7 Å². The minimum atomic E-state index is -0.629. The van der Waals surface area contributed by atoms with Crippen LogP contribution < -0.4 is 9.47 Å². The number of phenols is 2. The first-order chi connectivity index (χ1) is 21.1. The summed E-state index contributed by atoms with van der Waals surface area (Å²) < 4.78 is 10.6. The number of fused-ring (bicyclic) bond motifs is 3. The number of amides is 2. The second kappa shape index (κ2) is 11.3. The summed E-state index contributed by atoms with van der Waals surface area (Å²) in [5.41, 5.74) is 3.56. The van der Waals surface area contributed by atoms with E-state index in [0.717, 1.165) is 11.1 Å². The highest BCUT2D eigenvalue weighted by atomic mass is 16.5. The van der Waals surface area contributed by atoms with Gasteiger partial charge in [0.25, 0.3) is 0 Å². The number of hydrogen-bond acceptors (Lipinski definition) is 8. The van der Waals surface area contributed by atoms with Crippen LogP contribution in [-0.4, -0.2) is 59.3 Å².